The van der Waals surface area contributed by atoms with Crippen molar-refractivity contribution >= 4 is 26.8 Å². The van der Waals surface area contributed by atoms with Gasteiger partial charge in [0.15, 0.2) is 17.2 Å². The predicted octanol–water partition coefficient (Wildman–Crippen LogP) is 3.62. The Morgan fingerprint density at radius 2 is 2.00 bits per heavy atom. The van der Waals surface area contributed by atoms with E-state index in [9.17, 15) is 13.2 Å². The van der Waals surface area contributed by atoms with Gasteiger partial charge in [0, 0.05) is 30.3 Å². The number of nitrogens with zero attached hydrogens (tertiary/aromatic N) is 2. The first-order valence-corrected chi connectivity index (χ1v) is 11.7. The Morgan fingerprint density at radius 1 is 1.27 bits per heavy atom. The van der Waals surface area contributed by atoms with Gasteiger partial charge in [-0.15, -0.1) is 0 Å². The number of nitrogens with one attached hydrogen (secondary N) is 1. The summed E-state index contributed by atoms with van der Waals surface area (Å²) in [6.45, 7) is 1.58. The maximum absolute atomic E-state index is 12.2. The molecule has 0 amide bonds. The van der Waals surface area contributed by atoms with E-state index < -0.39 is 10.0 Å². The fourth-order valence-corrected chi connectivity index (χ4v) is 4.52. The molecular weight excluding hydrogens is 406 g/mol. The molecule has 30 heavy (non-hydrogen) atoms. The van der Waals surface area contributed by atoms with Crippen LogP contribution in [-0.4, -0.2) is 30.8 Å². The monoisotopic (exact) mass is 431 g/mol. The number of oxazole rings is 1. The summed E-state index contributed by atoms with van der Waals surface area (Å²) < 4.78 is 39.7. The van der Waals surface area contributed by atoms with E-state index in [0.29, 0.717) is 33.8 Å². The maximum Gasteiger partial charge on any atom is 0.292 e. The molecule has 0 aliphatic heterocycles. The van der Waals surface area contributed by atoms with Crippen molar-refractivity contribution in [3.8, 4) is 16.9 Å². The van der Waals surface area contributed by atoms with Crippen LogP contribution in [0.5, 0.6) is 5.75 Å². The average Bonchev–Trinajstić information content (AvgIpc) is 3.38. The molecule has 160 valence electrons. The summed E-state index contributed by atoms with van der Waals surface area (Å²) in [6.07, 6.45) is 6.04. The van der Waals surface area contributed by atoms with E-state index >= 15 is 0 Å². The van der Waals surface area contributed by atoms with Gasteiger partial charge in [-0.2, -0.15) is 0 Å². The molecule has 0 atom stereocenters. The minimum Gasteiger partial charge on any atom is -0.491 e. The Labute approximate surface area is 174 Å². The minimum absolute atomic E-state index is 0.0415. The molecule has 2 heterocycles. The Kier molecular flexibility index (Phi) is 5.31. The van der Waals surface area contributed by atoms with Gasteiger partial charge >= 0.3 is 0 Å². The Balaban J connectivity index is 1.93. The number of aryl methyl sites for hydroxylation is 1. The van der Waals surface area contributed by atoms with E-state index in [0.717, 1.165) is 25.7 Å². The van der Waals surface area contributed by atoms with Crippen molar-refractivity contribution in [3.63, 3.8) is 0 Å². The molecular formula is C21H25N3O5S. The second kappa shape index (κ2) is 7.79. The second-order valence-electron chi connectivity index (χ2n) is 7.62. The third-order valence-electron chi connectivity index (χ3n) is 5.55. The Bertz CT molecular complexity index is 1250. The smallest absolute Gasteiger partial charge is 0.292 e. The molecule has 0 saturated heterocycles. The minimum atomic E-state index is -3.46. The summed E-state index contributed by atoms with van der Waals surface area (Å²) in [4.78, 5) is 16.9. The van der Waals surface area contributed by atoms with Gasteiger partial charge in [0.05, 0.1) is 18.6 Å². The van der Waals surface area contributed by atoms with Gasteiger partial charge in [0.1, 0.15) is 5.52 Å². The van der Waals surface area contributed by atoms with Crippen LogP contribution in [0.3, 0.4) is 0 Å². The summed E-state index contributed by atoms with van der Waals surface area (Å²) >= 11 is 0. The molecule has 0 radical (unpaired) electrons. The van der Waals surface area contributed by atoms with Crippen molar-refractivity contribution in [2.24, 2.45) is 7.05 Å². The predicted molar refractivity (Wildman–Crippen MR) is 116 cm³/mol. The highest BCUT2D eigenvalue weighted by molar-refractivity contribution is 7.92. The zero-order chi connectivity index (χ0) is 21.5. The lowest BCUT2D eigenvalue weighted by Gasteiger charge is -2.11. The zero-order valence-corrected chi connectivity index (χ0v) is 18.1. The summed E-state index contributed by atoms with van der Waals surface area (Å²) in [5.74, 6) is 1.10. The molecule has 1 aliphatic carbocycles. The largest absolute Gasteiger partial charge is 0.491 e. The van der Waals surface area contributed by atoms with Gasteiger partial charge in [-0.05, 0) is 38.0 Å². The second-order valence-corrected chi connectivity index (χ2v) is 9.64. The molecule has 9 heteroatoms. The summed E-state index contributed by atoms with van der Waals surface area (Å²) in [7, 11) is -0.388. The number of anilines is 1. The standard InChI is InChI=1S/C21H25N3O5S/c1-4-30(26,27)23-15-10-16(14-9-18(28-3)21(25)24(2)12-14)19-17(11-15)22-20(29-19)13-7-5-6-8-13/h9-13,23H,4-8H2,1-3H3. The van der Waals surface area contributed by atoms with Crippen molar-refractivity contribution < 1.29 is 17.6 Å². The lowest BCUT2D eigenvalue weighted by molar-refractivity contribution is 0.405. The first kappa shape index (κ1) is 20.5. The van der Waals surface area contributed by atoms with Gasteiger partial charge in [0.25, 0.3) is 5.56 Å². The number of sulfonamides is 1. The molecule has 4 rings (SSSR count). The van der Waals surface area contributed by atoms with Crippen LogP contribution < -0.4 is 15.0 Å². The van der Waals surface area contributed by atoms with Crippen LogP contribution in [0.4, 0.5) is 5.69 Å². The number of methoxy groups -OCH3 is 1. The van der Waals surface area contributed by atoms with E-state index in [1.807, 2.05) is 0 Å². The number of rotatable bonds is 6. The van der Waals surface area contributed by atoms with Crippen LogP contribution in [0.1, 0.15) is 44.4 Å². The van der Waals surface area contributed by atoms with Crippen molar-refractivity contribution in [1.29, 1.82) is 0 Å². The van der Waals surface area contributed by atoms with Crippen molar-refractivity contribution in [1.82, 2.24) is 9.55 Å². The number of hydrogen-bond acceptors (Lipinski definition) is 6. The molecule has 1 aromatic carbocycles. The van der Waals surface area contributed by atoms with Crippen LogP contribution in [-0.2, 0) is 17.1 Å². The van der Waals surface area contributed by atoms with E-state index in [1.54, 1.807) is 38.4 Å². The number of hydrogen-bond donors (Lipinski definition) is 1. The van der Waals surface area contributed by atoms with Gasteiger partial charge in [-0.3, -0.25) is 9.52 Å². The van der Waals surface area contributed by atoms with Crippen LogP contribution in [0.15, 0.2) is 33.6 Å². The molecule has 1 fully saturated rings. The van der Waals surface area contributed by atoms with Gasteiger partial charge in [-0.1, -0.05) is 12.8 Å². The van der Waals surface area contributed by atoms with Gasteiger partial charge < -0.3 is 13.7 Å². The van der Waals surface area contributed by atoms with Crippen LogP contribution in [0, 0.1) is 0 Å². The van der Waals surface area contributed by atoms with Crippen LogP contribution in [0.2, 0.25) is 0 Å². The number of fused-ring (bicyclic) bond motifs is 1. The molecule has 0 spiro atoms. The molecule has 1 saturated carbocycles. The summed E-state index contributed by atoms with van der Waals surface area (Å²) in [5, 5.41) is 0. The molecule has 3 aromatic rings. The molecule has 1 aliphatic rings. The number of ether oxygens (including phenoxy) is 1. The van der Waals surface area contributed by atoms with E-state index in [1.165, 1.54) is 11.7 Å². The number of aromatic nitrogens is 2. The van der Waals surface area contributed by atoms with Crippen LogP contribution in [0.25, 0.3) is 22.2 Å². The summed E-state index contributed by atoms with van der Waals surface area (Å²) in [5.41, 5.74) is 2.61. The third kappa shape index (κ3) is 3.81. The SMILES string of the molecule is CCS(=O)(=O)Nc1cc(-c2cc(OC)c(=O)n(C)c2)c2oc(C3CCCC3)nc2c1. The average molecular weight is 432 g/mol. The third-order valence-corrected chi connectivity index (χ3v) is 6.85. The topological polar surface area (TPSA) is 103 Å². The van der Waals surface area contributed by atoms with E-state index in [2.05, 4.69) is 9.71 Å². The quantitative estimate of drug-likeness (QED) is 0.639. The lowest BCUT2D eigenvalue weighted by Crippen LogP contribution is -2.18. The van der Waals surface area contributed by atoms with Gasteiger partial charge in [0.2, 0.25) is 10.0 Å². The number of pyridine rings is 1. The van der Waals surface area contributed by atoms with Gasteiger partial charge in [-0.25, -0.2) is 13.4 Å². The van der Waals surface area contributed by atoms with Crippen molar-refractivity contribution in [2.75, 3.05) is 17.6 Å². The van der Waals surface area contributed by atoms with Crippen molar-refractivity contribution in [3.05, 3.63) is 40.6 Å². The normalized spacial score (nSPS) is 15.0. The highest BCUT2D eigenvalue weighted by Crippen LogP contribution is 2.39. The fourth-order valence-electron chi connectivity index (χ4n) is 3.90. The zero-order valence-electron chi connectivity index (χ0n) is 17.3. The highest BCUT2D eigenvalue weighted by atomic mass is 32.2. The van der Waals surface area contributed by atoms with E-state index in [4.69, 9.17) is 9.15 Å². The molecule has 1 N–H and O–H groups in total. The Morgan fingerprint density at radius 3 is 2.67 bits per heavy atom. The fraction of sp³-hybridized carbons (Fsp3) is 0.429. The molecule has 2 aromatic heterocycles. The number of benzene rings is 1. The Hall–Kier alpha value is -2.81. The highest BCUT2D eigenvalue weighted by Gasteiger charge is 2.24. The van der Waals surface area contributed by atoms with Crippen molar-refractivity contribution in [2.45, 2.75) is 38.5 Å². The molecule has 0 unspecified atom stereocenters. The van der Waals surface area contributed by atoms with Crippen LogP contribution >= 0.6 is 0 Å². The first-order valence-electron chi connectivity index (χ1n) is 10.0. The molecule has 8 nitrogen and oxygen atoms in total. The van der Waals surface area contributed by atoms with E-state index in [-0.39, 0.29) is 23.0 Å². The maximum atomic E-state index is 12.2. The lowest BCUT2D eigenvalue weighted by atomic mass is 10.1. The summed E-state index contributed by atoms with van der Waals surface area (Å²) in [6, 6.07) is 5.03. The molecule has 0 bridgehead atoms. The first-order chi connectivity index (χ1) is 14.3.